The molecular weight excluding hydrogens is 400 g/mol. The lowest BCUT2D eigenvalue weighted by atomic mass is 9.89. The number of methoxy groups -OCH3 is 1. The van der Waals surface area contributed by atoms with Gasteiger partial charge in [-0.1, -0.05) is 15.9 Å². The second-order valence-electron chi connectivity index (χ2n) is 6.63. The maximum atomic E-state index is 6.10. The summed E-state index contributed by atoms with van der Waals surface area (Å²) in [7, 11) is 1.66. The number of ether oxygens (including phenoxy) is 2. The molecule has 2 N–H and O–H groups in total. The van der Waals surface area contributed by atoms with Crippen molar-refractivity contribution in [2.24, 2.45) is 0 Å². The summed E-state index contributed by atoms with van der Waals surface area (Å²) < 4.78 is 12.5. The van der Waals surface area contributed by atoms with Crippen LogP contribution in [0, 0.1) is 0 Å². The van der Waals surface area contributed by atoms with Crippen LogP contribution in [0.3, 0.4) is 0 Å². The highest BCUT2D eigenvalue weighted by Gasteiger charge is 2.34. The molecule has 6 heteroatoms. The van der Waals surface area contributed by atoms with E-state index in [2.05, 4.69) is 40.4 Å². The Morgan fingerprint density at radius 2 is 1.96 bits per heavy atom. The van der Waals surface area contributed by atoms with Crippen molar-refractivity contribution in [2.75, 3.05) is 12.4 Å². The summed E-state index contributed by atoms with van der Waals surface area (Å²) in [5.41, 5.74) is 1.73. The first-order chi connectivity index (χ1) is 11.9. The Hall–Kier alpha value is -1.79. The molecule has 1 atom stereocenters. The predicted octanol–water partition coefficient (Wildman–Crippen LogP) is 5.05. The van der Waals surface area contributed by atoms with Crippen molar-refractivity contribution in [3.8, 4) is 11.5 Å². The highest BCUT2D eigenvalue weighted by molar-refractivity contribution is 9.10. The molecule has 1 heterocycles. The fourth-order valence-electron chi connectivity index (χ4n) is 2.95. The van der Waals surface area contributed by atoms with Gasteiger partial charge in [0.1, 0.15) is 17.1 Å². The molecule has 2 aromatic rings. The van der Waals surface area contributed by atoms with Crippen molar-refractivity contribution in [3.63, 3.8) is 0 Å². The molecule has 0 saturated heterocycles. The van der Waals surface area contributed by atoms with E-state index in [-0.39, 0.29) is 11.6 Å². The highest BCUT2D eigenvalue weighted by atomic mass is 79.9. The highest BCUT2D eigenvalue weighted by Crippen LogP contribution is 2.41. The van der Waals surface area contributed by atoms with Gasteiger partial charge in [0, 0.05) is 22.1 Å². The van der Waals surface area contributed by atoms with Crippen molar-refractivity contribution in [3.05, 3.63) is 52.5 Å². The molecule has 4 nitrogen and oxygen atoms in total. The molecule has 1 aliphatic heterocycles. The molecule has 0 amide bonds. The summed E-state index contributed by atoms with van der Waals surface area (Å²) in [6.45, 7) is 4.17. The summed E-state index contributed by atoms with van der Waals surface area (Å²) in [5.74, 6) is 1.67. The van der Waals surface area contributed by atoms with E-state index in [4.69, 9.17) is 21.7 Å². The first-order valence-electron chi connectivity index (χ1n) is 8.06. The fourth-order valence-corrected chi connectivity index (χ4v) is 3.47. The van der Waals surface area contributed by atoms with E-state index in [1.165, 1.54) is 0 Å². The zero-order valence-corrected chi connectivity index (χ0v) is 16.8. The number of hydrogen-bond acceptors (Lipinski definition) is 3. The number of halogens is 1. The molecule has 0 bridgehead atoms. The van der Waals surface area contributed by atoms with Crippen LogP contribution < -0.4 is 20.1 Å². The molecule has 0 radical (unpaired) electrons. The van der Waals surface area contributed by atoms with Crippen LogP contribution in [0.5, 0.6) is 11.5 Å². The average Bonchev–Trinajstić information content (AvgIpc) is 2.55. The standard InChI is InChI=1S/C19H21BrN2O2S/c1-19(2)11-16(15-10-14(23-3)8-9-17(15)24-19)22-18(25)21-13-6-4-12(20)5-7-13/h4-10,16H,11H2,1-3H3,(H2,21,22,25)/t16-/m1/s1. The Kier molecular flexibility index (Phi) is 5.20. The van der Waals surface area contributed by atoms with Gasteiger partial charge in [0.2, 0.25) is 0 Å². The van der Waals surface area contributed by atoms with Gasteiger partial charge in [-0.15, -0.1) is 0 Å². The van der Waals surface area contributed by atoms with E-state index in [1.807, 2.05) is 42.5 Å². The van der Waals surface area contributed by atoms with Crippen LogP contribution in [0.4, 0.5) is 5.69 Å². The Morgan fingerprint density at radius 1 is 1.24 bits per heavy atom. The predicted molar refractivity (Wildman–Crippen MR) is 109 cm³/mol. The molecule has 0 spiro atoms. The number of rotatable bonds is 3. The Morgan fingerprint density at radius 3 is 2.64 bits per heavy atom. The quantitative estimate of drug-likeness (QED) is 0.680. The first-order valence-corrected chi connectivity index (χ1v) is 9.26. The maximum absolute atomic E-state index is 6.10. The Labute approximate surface area is 162 Å². The van der Waals surface area contributed by atoms with Gasteiger partial charge >= 0.3 is 0 Å². The lowest BCUT2D eigenvalue weighted by Gasteiger charge is -2.38. The van der Waals surface area contributed by atoms with E-state index in [9.17, 15) is 0 Å². The van der Waals surface area contributed by atoms with Crippen LogP contribution in [0.25, 0.3) is 0 Å². The maximum Gasteiger partial charge on any atom is 0.171 e. The Balaban J connectivity index is 1.79. The van der Waals surface area contributed by atoms with E-state index >= 15 is 0 Å². The zero-order valence-electron chi connectivity index (χ0n) is 14.4. The van der Waals surface area contributed by atoms with Gasteiger partial charge in [-0.2, -0.15) is 0 Å². The molecule has 25 heavy (non-hydrogen) atoms. The smallest absolute Gasteiger partial charge is 0.171 e. The van der Waals surface area contributed by atoms with E-state index in [0.717, 1.165) is 33.6 Å². The van der Waals surface area contributed by atoms with E-state index in [0.29, 0.717) is 5.11 Å². The number of fused-ring (bicyclic) bond motifs is 1. The van der Waals surface area contributed by atoms with E-state index in [1.54, 1.807) is 7.11 Å². The van der Waals surface area contributed by atoms with Gasteiger partial charge in [0.15, 0.2) is 5.11 Å². The minimum absolute atomic E-state index is 0.0456. The average molecular weight is 421 g/mol. The van der Waals surface area contributed by atoms with Gasteiger partial charge in [0.25, 0.3) is 0 Å². The van der Waals surface area contributed by atoms with Gasteiger partial charge in [0.05, 0.1) is 13.2 Å². The Bertz CT molecular complexity index is 777. The minimum atomic E-state index is -0.271. The number of anilines is 1. The second kappa shape index (κ2) is 7.22. The van der Waals surface area contributed by atoms with Crippen LogP contribution >= 0.6 is 28.1 Å². The van der Waals surface area contributed by atoms with Crippen molar-refractivity contribution >= 4 is 38.9 Å². The number of nitrogens with one attached hydrogen (secondary N) is 2. The van der Waals surface area contributed by atoms with Crippen LogP contribution in [0.2, 0.25) is 0 Å². The monoisotopic (exact) mass is 420 g/mol. The molecule has 0 saturated carbocycles. The lowest BCUT2D eigenvalue weighted by molar-refractivity contribution is 0.0695. The third kappa shape index (κ3) is 4.44. The number of hydrogen-bond donors (Lipinski definition) is 2. The molecular formula is C19H21BrN2O2S. The lowest BCUT2D eigenvalue weighted by Crippen LogP contribution is -2.42. The van der Waals surface area contributed by atoms with Gasteiger partial charge in [-0.05, 0) is 68.5 Å². The zero-order chi connectivity index (χ0) is 18.0. The first kappa shape index (κ1) is 18.0. The normalized spacial score (nSPS) is 17.8. The van der Waals surface area contributed by atoms with Gasteiger partial charge in [-0.3, -0.25) is 0 Å². The summed E-state index contributed by atoms with van der Waals surface area (Å²) in [5, 5.41) is 7.23. The van der Waals surface area contributed by atoms with Crippen molar-refractivity contribution in [2.45, 2.75) is 31.9 Å². The third-order valence-corrected chi connectivity index (χ3v) is 4.83. The summed E-state index contributed by atoms with van der Waals surface area (Å²) in [6.07, 6.45) is 0.801. The summed E-state index contributed by atoms with van der Waals surface area (Å²) in [4.78, 5) is 0. The number of thiocarbonyl (C=S) groups is 1. The molecule has 0 unspecified atom stereocenters. The largest absolute Gasteiger partial charge is 0.497 e. The van der Waals surface area contributed by atoms with Crippen molar-refractivity contribution in [1.82, 2.24) is 5.32 Å². The van der Waals surface area contributed by atoms with Gasteiger partial charge in [-0.25, -0.2) is 0 Å². The van der Waals surface area contributed by atoms with Crippen LogP contribution in [-0.4, -0.2) is 17.8 Å². The van der Waals surface area contributed by atoms with Crippen molar-refractivity contribution in [1.29, 1.82) is 0 Å². The third-order valence-electron chi connectivity index (χ3n) is 4.08. The minimum Gasteiger partial charge on any atom is -0.497 e. The van der Waals surface area contributed by atoms with Gasteiger partial charge < -0.3 is 20.1 Å². The fraction of sp³-hybridized carbons (Fsp3) is 0.316. The molecule has 3 rings (SSSR count). The molecule has 0 aliphatic carbocycles. The molecule has 1 aliphatic rings. The van der Waals surface area contributed by atoms with Crippen molar-refractivity contribution < 1.29 is 9.47 Å². The topological polar surface area (TPSA) is 42.5 Å². The molecule has 0 fully saturated rings. The molecule has 132 valence electrons. The van der Waals surface area contributed by atoms with Crippen LogP contribution in [0.1, 0.15) is 31.9 Å². The molecule has 0 aromatic heterocycles. The van der Waals surface area contributed by atoms with E-state index < -0.39 is 0 Å². The summed E-state index contributed by atoms with van der Waals surface area (Å²) in [6, 6.07) is 13.8. The molecule has 2 aromatic carbocycles. The van der Waals surface area contributed by atoms with Crippen LogP contribution in [0.15, 0.2) is 46.9 Å². The second-order valence-corrected chi connectivity index (χ2v) is 7.95. The SMILES string of the molecule is COc1ccc2c(c1)[C@H](NC(=S)Nc1ccc(Br)cc1)CC(C)(C)O2. The van der Waals surface area contributed by atoms with Crippen LogP contribution in [-0.2, 0) is 0 Å². The number of benzene rings is 2. The summed E-state index contributed by atoms with van der Waals surface area (Å²) >= 11 is 8.94.